The van der Waals surface area contributed by atoms with E-state index in [-0.39, 0.29) is 11.9 Å². The molecule has 4 nitrogen and oxygen atoms in total. The average Bonchev–Trinajstić information content (AvgIpc) is 2.17. The normalized spacial score (nSPS) is 11.9. The third kappa shape index (κ3) is 4.83. The molecule has 80 valence electrons. The highest BCUT2D eigenvalue weighted by atomic mass is 16.5. The van der Waals surface area contributed by atoms with Crippen molar-refractivity contribution in [2.45, 2.75) is 32.2 Å². The highest BCUT2D eigenvalue weighted by Crippen LogP contribution is 2.04. The summed E-state index contributed by atoms with van der Waals surface area (Å²) in [5, 5.41) is 8.47. The van der Waals surface area contributed by atoms with Crippen LogP contribution in [-0.2, 0) is 9.53 Å². The molecular formula is C10H18N2O2. The van der Waals surface area contributed by atoms with E-state index in [2.05, 4.69) is 6.07 Å². The Morgan fingerprint density at radius 3 is 2.79 bits per heavy atom. The van der Waals surface area contributed by atoms with E-state index >= 15 is 0 Å². The Bertz CT molecular complexity index is 211. The van der Waals surface area contributed by atoms with Gasteiger partial charge in [-0.1, -0.05) is 0 Å². The summed E-state index contributed by atoms with van der Waals surface area (Å²) >= 11 is 0. The van der Waals surface area contributed by atoms with Crippen molar-refractivity contribution in [2.75, 3.05) is 20.8 Å². The Morgan fingerprint density at radius 1 is 1.64 bits per heavy atom. The van der Waals surface area contributed by atoms with Crippen LogP contribution >= 0.6 is 0 Å². The molecule has 0 aromatic heterocycles. The Kier molecular flexibility index (Phi) is 6.77. The van der Waals surface area contributed by atoms with Crippen LogP contribution in [0.15, 0.2) is 0 Å². The number of nitriles is 1. The Morgan fingerprint density at radius 2 is 2.29 bits per heavy atom. The highest BCUT2D eigenvalue weighted by Gasteiger charge is 2.14. The average molecular weight is 198 g/mol. The zero-order valence-electron chi connectivity index (χ0n) is 9.12. The molecule has 0 radical (unpaired) electrons. The molecule has 0 N–H and O–H groups in total. The van der Waals surface area contributed by atoms with Crippen LogP contribution in [0.1, 0.15) is 26.2 Å². The second-order valence-corrected chi connectivity index (χ2v) is 3.31. The Balaban J connectivity index is 3.81. The van der Waals surface area contributed by atoms with E-state index in [1.807, 2.05) is 6.92 Å². The molecule has 4 heteroatoms. The fourth-order valence-corrected chi connectivity index (χ4v) is 1.06. The first-order valence-corrected chi connectivity index (χ1v) is 4.75. The van der Waals surface area contributed by atoms with E-state index < -0.39 is 0 Å². The molecule has 0 aliphatic carbocycles. The molecule has 0 aromatic rings. The zero-order valence-corrected chi connectivity index (χ0v) is 9.12. The zero-order chi connectivity index (χ0) is 11.0. The second-order valence-electron chi connectivity index (χ2n) is 3.31. The summed E-state index contributed by atoms with van der Waals surface area (Å²) in [5.74, 6) is 0.0739. The van der Waals surface area contributed by atoms with Gasteiger partial charge in [0.25, 0.3) is 0 Å². The number of nitrogens with zero attached hydrogens (tertiary/aromatic N) is 2. The number of rotatable bonds is 6. The van der Waals surface area contributed by atoms with Gasteiger partial charge in [0.2, 0.25) is 5.91 Å². The number of ether oxygens (including phenoxy) is 1. The van der Waals surface area contributed by atoms with Gasteiger partial charge in [-0.2, -0.15) is 5.26 Å². The van der Waals surface area contributed by atoms with Crippen LogP contribution in [0.4, 0.5) is 0 Å². The van der Waals surface area contributed by atoms with Crippen LogP contribution in [0.3, 0.4) is 0 Å². The minimum Gasteiger partial charge on any atom is -0.385 e. The standard InChI is InChI=1S/C10H18N2O2/c1-9(6-7-11)12(2)10(13)5-4-8-14-3/h9H,4-6,8H2,1-3H3. The van der Waals surface area contributed by atoms with Crippen LogP contribution < -0.4 is 0 Å². The first-order chi connectivity index (χ1) is 6.63. The SMILES string of the molecule is COCCCC(=O)N(C)C(C)CC#N. The van der Waals surface area contributed by atoms with Crippen molar-refractivity contribution in [3.05, 3.63) is 0 Å². The highest BCUT2D eigenvalue weighted by molar-refractivity contribution is 5.76. The molecule has 1 amide bonds. The lowest BCUT2D eigenvalue weighted by Crippen LogP contribution is -2.34. The topological polar surface area (TPSA) is 53.3 Å². The van der Waals surface area contributed by atoms with Gasteiger partial charge in [0, 0.05) is 33.2 Å². The second kappa shape index (κ2) is 7.34. The van der Waals surface area contributed by atoms with Gasteiger partial charge < -0.3 is 9.64 Å². The molecule has 0 heterocycles. The summed E-state index contributed by atoms with van der Waals surface area (Å²) in [7, 11) is 3.35. The smallest absolute Gasteiger partial charge is 0.222 e. The summed E-state index contributed by atoms with van der Waals surface area (Å²) in [6, 6.07) is 2.05. The fraction of sp³-hybridized carbons (Fsp3) is 0.800. The minimum absolute atomic E-state index is 0.00459. The van der Waals surface area contributed by atoms with Crippen LogP contribution in [0.25, 0.3) is 0 Å². The Labute approximate surface area is 85.5 Å². The molecule has 0 bridgehead atoms. The number of hydrogen-bond acceptors (Lipinski definition) is 3. The lowest BCUT2D eigenvalue weighted by molar-refractivity contribution is -0.131. The van der Waals surface area contributed by atoms with Crippen LogP contribution in [0.5, 0.6) is 0 Å². The number of carbonyl (C=O) groups is 1. The summed E-state index contributed by atoms with van der Waals surface area (Å²) in [4.78, 5) is 13.1. The van der Waals surface area contributed by atoms with E-state index in [9.17, 15) is 4.79 Å². The fourth-order valence-electron chi connectivity index (χ4n) is 1.06. The van der Waals surface area contributed by atoms with Crippen molar-refractivity contribution in [1.29, 1.82) is 5.26 Å². The predicted octanol–water partition coefficient (Wildman–Crippen LogP) is 1.17. The molecule has 1 unspecified atom stereocenters. The number of amides is 1. The van der Waals surface area contributed by atoms with Gasteiger partial charge >= 0.3 is 0 Å². The number of methoxy groups -OCH3 is 1. The predicted molar refractivity (Wildman–Crippen MR) is 53.6 cm³/mol. The van der Waals surface area contributed by atoms with Crippen LogP contribution in [-0.4, -0.2) is 37.6 Å². The first kappa shape index (κ1) is 12.9. The molecule has 14 heavy (non-hydrogen) atoms. The summed E-state index contributed by atoms with van der Waals surface area (Å²) in [6.45, 7) is 2.48. The third-order valence-corrected chi connectivity index (χ3v) is 2.18. The molecule has 0 saturated carbocycles. The molecule has 0 aliphatic rings. The molecule has 0 spiro atoms. The van der Waals surface area contributed by atoms with Crippen molar-refractivity contribution in [3.8, 4) is 6.07 Å². The van der Waals surface area contributed by atoms with Gasteiger partial charge in [-0.05, 0) is 13.3 Å². The van der Waals surface area contributed by atoms with Crippen molar-refractivity contribution in [2.24, 2.45) is 0 Å². The van der Waals surface area contributed by atoms with Crippen molar-refractivity contribution >= 4 is 5.91 Å². The quantitative estimate of drug-likeness (QED) is 0.602. The van der Waals surface area contributed by atoms with E-state index in [4.69, 9.17) is 10.00 Å². The van der Waals surface area contributed by atoms with Gasteiger partial charge in [0.05, 0.1) is 12.5 Å². The molecular weight excluding hydrogens is 180 g/mol. The molecule has 0 rings (SSSR count). The first-order valence-electron chi connectivity index (χ1n) is 4.75. The van der Waals surface area contributed by atoms with E-state index in [1.54, 1.807) is 19.1 Å². The largest absolute Gasteiger partial charge is 0.385 e. The monoisotopic (exact) mass is 198 g/mol. The van der Waals surface area contributed by atoms with E-state index in [1.165, 1.54) is 0 Å². The molecule has 0 saturated heterocycles. The summed E-state index contributed by atoms with van der Waals surface area (Å²) in [6.07, 6.45) is 1.60. The maximum absolute atomic E-state index is 11.5. The molecule has 0 aromatic carbocycles. The van der Waals surface area contributed by atoms with Gasteiger partial charge in [0.15, 0.2) is 0 Å². The van der Waals surface area contributed by atoms with Gasteiger partial charge in [-0.3, -0.25) is 4.79 Å². The molecule has 0 aliphatic heterocycles. The van der Waals surface area contributed by atoms with E-state index in [0.717, 1.165) is 6.42 Å². The Hall–Kier alpha value is -1.08. The summed E-state index contributed by atoms with van der Waals surface area (Å²) < 4.78 is 4.86. The number of hydrogen-bond donors (Lipinski definition) is 0. The van der Waals surface area contributed by atoms with Crippen LogP contribution in [0.2, 0.25) is 0 Å². The lowest BCUT2D eigenvalue weighted by Gasteiger charge is -2.22. The summed E-state index contributed by atoms with van der Waals surface area (Å²) in [5.41, 5.74) is 0. The third-order valence-electron chi connectivity index (χ3n) is 2.18. The maximum atomic E-state index is 11.5. The van der Waals surface area contributed by atoms with Crippen LogP contribution in [0, 0.1) is 11.3 Å². The van der Waals surface area contributed by atoms with Crippen molar-refractivity contribution in [1.82, 2.24) is 4.90 Å². The van der Waals surface area contributed by atoms with E-state index in [0.29, 0.717) is 19.4 Å². The molecule has 1 atom stereocenters. The number of carbonyl (C=O) groups excluding carboxylic acids is 1. The van der Waals surface area contributed by atoms with Crippen molar-refractivity contribution < 1.29 is 9.53 Å². The van der Waals surface area contributed by atoms with Gasteiger partial charge in [0.1, 0.15) is 0 Å². The lowest BCUT2D eigenvalue weighted by atomic mass is 10.2. The van der Waals surface area contributed by atoms with Gasteiger partial charge in [-0.25, -0.2) is 0 Å². The maximum Gasteiger partial charge on any atom is 0.222 e. The van der Waals surface area contributed by atoms with Gasteiger partial charge in [-0.15, -0.1) is 0 Å². The van der Waals surface area contributed by atoms with Crippen molar-refractivity contribution in [3.63, 3.8) is 0 Å². The minimum atomic E-state index is -0.00459. The molecule has 0 fully saturated rings.